The summed E-state index contributed by atoms with van der Waals surface area (Å²) in [5.74, 6) is -0.983. The molecule has 0 bridgehead atoms. The van der Waals surface area contributed by atoms with Crippen LogP contribution in [0.15, 0.2) is 24.3 Å². The second-order valence-electron chi connectivity index (χ2n) is 5.33. The summed E-state index contributed by atoms with van der Waals surface area (Å²) in [6.07, 6.45) is 1.50. The van der Waals surface area contributed by atoms with Crippen molar-refractivity contribution in [2.24, 2.45) is 0 Å². The monoisotopic (exact) mass is 324 g/mol. The molecule has 8 heteroatoms. The summed E-state index contributed by atoms with van der Waals surface area (Å²) in [4.78, 5) is 0. The molecular weight excluding hydrogens is 312 g/mol. The van der Waals surface area contributed by atoms with Crippen LogP contribution in [0.2, 0.25) is 0 Å². The predicted molar refractivity (Wildman–Crippen MR) is 68.1 cm³/mol. The zero-order valence-electron chi connectivity index (χ0n) is 11.2. The molecule has 0 atom stereocenters. The molecule has 0 radical (unpaired) electrons. The minimum atomic E-state index is -5.75. The molecule has 0 heterocycles. The van der Waals surface area contributed by atoms with Gasteiger partial charge < -0.3 is 4.18 Å². The Balaban J connectivity index is 2.49. The highest BCUT2D eigenvalue weighted by Gasteiger charge is 2.49. The molecule has 0 saturated heterocycles. The Hall–Kier alpha value is -1.57. The summed E-state index contributed by atoms with van der Waals surface area (Å²) in [5.41, 5.74) is -5.51. The Kier molecular flexibility index (Phi) is 3.56. The van der Waals surface area contributed by atoms with E-state index in [0.29, 0.717) is 5.56 Å². The van der Waals surface area contributed by atoms with E-state index in [1.54, 1.807) is 13.8 Å². The third kappa shape index (κ3) is 2.90. The largest absolute Gasteiger partial charge is 0.534 e. The molecule has 0 N–H and O–H groups in total. The second kappa shape index (κ2) is 4.72. The third-order valence-corrected chi connectivity index (χ3v) is 4.22. The molecular formula is C13H12F4O3S. The smallest absolute Gasteiger partial charge is 0.376 e. The van der Waals surface area contributed by atoms with Crippen LogP contribution in [-0.2, 0) is 19.7 Å². The van der Waals surface area contributed by atoms with Crippen LogP contribution in [0.5, 0.6) is 0 Å². The summed E-state index contributed by atoms with van der Waals surface area (Å²) >= 11 is 0. The van der Waals surface area contributed by atoms with Crippen LogP contribution in [0.4, 0.5) is 17.6 Å². The minimum absolute atomic E-state index is 0.139. The summed E-state index contributed by atoms with van der Waals surface area (Å²) in [5, 5.41) is 0. The molecule has 0 aromatic heterocycles. The van der Waals surface area contributed by atoms with Gasteiger partial charge in [-0.15, -0.1) is 0 Å². The zero-order valence-corrected chi connectivity index (χ0v) is 12.0. The van der Waals surface area contributed by atoms with E-state index in [-0.39, 0.29) is 12.0 Å². The van der Waals surface area contributed by atoms with Gasteiger partial charge in [-0.3, -0.25) is 0 Å². The number of hydrogen-bond donors (Lipinski definition) is 0. The summed E-state index contributed by atoms with van der Waals surface area (Å²) in [7, 11) is -5.75. The molecule has 1 aliphatic carbocycles. The number of hydrogen-bond acceptors (Lipinski definition) is 3. The Bertz CT molecular complexity index is 703. The fourth-order valence-electron chi connectivity index (χ4n) is 2.10. The van der Waals surface area contributed by atoms with E-state index in [2.05, 4.69) is 4.18 Å². The first-order valence-corrected chi connectivity index (χ1v) is 7.36. The lowest BCUT2D eigenvalue weighted by atomic mass is 9.75. The van der Waals surface area contributed by atoms with Gasteiger partial charge in [0.25, 0.3) is 0 Å². The summed E-state index contributed by atoms with van der Waals surface area (Å²) < 4.78 is 76.9. The van der Waals surface area contributed by atoms with Gasteiger partial charge >= 0.3 is 15.6 Å². The van der Waals surface area contributed by atoms with Crippen molar-refractivity contribution >= 4 is 15.9 Å². The number of alkyl halides is 3. The third-order valence-electron chi connectivity index (χ3n) is 3.26. The van der Waals surface area contributed by atoms with Crippen LogP contribution in [0.3, 0.4) is 0 Å². The molecule has 0 saturated carbocycles. The number of allylic oxidation sites excluding steroid dienone is 1. The highest BCUT2D eigenvalue weighted by Crippen LogP contribution is 2.41. The zero-order chi connectivity index (χ0) is 16.1. The maximum Gasteiger partial charge on any atom is 0.534 e. The maximum absolute atomic E-state index is 13.3. The average molecular weight is 324 g/mol. The van der Waals surface area contributed by atoms with E-state index in [9.17, 15) is 26.0 Å². The van der Waals surface area contributed by atoms with Gasteiger partial charge in [-0.2, -0.15) is 21.6 Å². The van der Waals surface area contributed by atoms with Crippen molar-refractivity contribution in [2.75, 3.05) is 0 Å². The van der Waals surface area contributed by atoms with Crippen LogP contribution >= 0.6 is 0 Å². The number of fused-ring (bicyclic) bond motifs is 1. The first-order chi connectivity index (χ1) is 9.44. The molecule has 1 aromatic carbocycles. The Morgan fingerprint density at radius 3 is 2.43 bits per heavy atom. The standard InChI is InChI=1S/C13H12F4O3S/c1-12(2)6-5-11(20-21(18,19)13(15,16)17)9-4-3-8(14)7-10(9)12/h3-5,7H,6H2,1-2H3. The quantitative estimate of drug-likeness (QED) is 0.473. The summed E-state index contributed by atoms with van der Waals surface area (Å²) in [6, 6.07) is 3.42. The van der Waals surface area contributed by atoms with Crippen molar-refractivity contribution in [2.45, 2.75) is 31.2 Å². The average Bonchev–Trinajstić information content (AvgIpc) is 2.32. The maximum atomic E-state index is 13.3. The van der Waals surface area contributed by atoms with E-state index >= 15 is 0 Å². The minimum Gasteiger partial charge on any atom is -0.376 e. The van der Waals surface area contributed by atoms with E-state index in [0.717, 1.165) is 6.07 Å². The normalized spacial score (nSPS) is 17.9. The van der Waals surface area contributed by atoms with Gasteiger partial charge in [0, 0.05) is 5.56 Å². The Morgan fingerprint density at radius 1 is 1.24 bits per heavy atom. The highest BCUT2D eigenvalue weighted by atomic mass is 32.2. The van der Waals surface area contributed by atoms with Crippen LogP contribution in [-0.4, -0.2) is 13.9 Å². The van der Waals surface area contributed by atoms with E-state index in [4.69, 9.17) is 0 Å². The van der Waals surface area contributed by atoms with Gasteiger partial charge in [-0.25, -0.2) is 4.39 Å². The highest BCUT2D eigenvalue weighted by molar-refractivity contribution is 7.87. The molecule has 21 heavy (non-hydrogen) atoms. The van der Waals surface area contributed by atoms with Gasteiger partial charge in [0.2, 0.25) is 0 Å². The van der Waals surface area contributed by atoms with Crippen molar-refractivity contribution in [3.05, 3.63) is 41.2 Å². The molecule has 3 nitrogen and oxygen atoms in total. The Morgan fingerprint density at radius 2 is 1.86 bits per heavy atom. The summed E-state index contributed by atoms with van der Waals surface area (Å²) in [6.45, 7) is 3.55. The molecule has 0 aliphatic heterocycles. The van der Waals surface area contributed by atoms with Gasteiger partial charge in [0.1, 0.15) is 11.6 Å². The van der Waals surface area contributed by atoms with Crippen LogP contribution < -0.4 is 0 Å². The van der Waals surface area contributed by atoms with E-state index in [1.807, 2.05) is 0 Å². The van der Waals surface area contributed by atoms with Crippen LogP contribution in [0.25, 0.3) is 5.76 Å². The molecule has 2 rings (SSSR count). The van der Waals surface area contributed by atoms with Gasteiger partial charge in [0.15, 0.2) is 0 Å². The van der Waals surface area contributed by atoms with Crippen molar-refractivity contribution in [3.8, 4) is 0 Å². The predicted octanol–water partition coefficient (Wildman–Crippen LogP) is 3.71. The van der Waals surface area contributed by atoms with Crippen LogP contribution in [0.1, 0.15) is 31.4 Å². The van der Waals surface area contributed by atoms with Gasteiger partial charge in [-0.1, -0.05) is 13.8 Å². The number of rotatable bonds is 2. The number of benzene rings is 1. The van der Waals surface area contributed by atoms with Crippen molar-refractivity contribution in [1.29, 1.82) is 0 Å². The van der Waals surface area contributed by atoms with Crippen molar-refractivity contribution in [3.63, 3.8) is 0 Å². The lowest BCUT2D eigenvalue weighted by Gasteiger charge is -2.31. The fourth-order valence-corrected chi connectivity index (χ4v) is 2.59. The van der Waals surface area contributed by atoms with Crippen molar-refractivity contribution < 1.29 is 30.2 Å². The first-order valence-electron chi connectivity index (χ1n) is 5.95. The lowest BCUT2D eigenvalue weighted by Crippen LogP contribution is -2.28. The Labute approximate surface area is 119 Å². The van der Waals surface area contributed by atoms with E-state index < -0.39 is 32.6 Å². The second-order valence-corrected chi connectivity index (χ2v) is 6.87. The SMILES string of the molecule is CC1(C)CC=C(OS(=O)(=O)C(F)(F)F)c2ccc(F)cc21. The van der Waals surface area contributed by atoms with Gasteiger partial charge in [0.05, 0.1) is 0 Å². The lowest BCUT2D eigenvalue weighted by molar-refractivity contribution is -0.0509. The molecule has 0 fully saturated rings. The van der Waals surface area contributed by atoms with Crippen molar-refractivity contribution in [1.82, 2.24) is 0 Å². The molecule has 116 valence electrons. The topological polar surface area (TPSA) is 43.4 Å². The fraction of sp³-hybridized carbons (Fsp3) is 0.385. The molecule has 0 unspecified atom stereocenters. The van der Waals surface area contributed by atoms with Crippen LogP contribution in [0, 0.1) is 5.82 Å². The van der Waals surface area contributed by atoms with Gasteiger partial charge in [-0.05, 0) is 41.7 Å². The molecule has 1 aliphatic rings. The molecule has 1 aromatic rings. The number of halogens is 4. The molecule has 0 spiro atoms. The molecule has 0 amide bonds. The van der Waals surface area contributed by atoms with E-state index in [1.165, 1.54) is 18.2 Å². The first kappa shape index (κ1) is 15.8.